The smallest absolute Gasteiger partial charge is 0.183 e. The molecule has 0 atom stereocenters. The number of benzene rings is 1. The van der Waals surface area contributed by atoms with Crippen LogP contribution in [0.3, 0.4) is 0 Å². The minimum absolute atomic E-state index is 0.156. The Morgan fingerprint density at radius 3 is 2.65 bits per heavy atom. The van der Waals surface area contributed by atoms with Gasteiger partial charge >= 0.3 is 0 Å². The van der Waals surface area contributed by atoms with E-state index < -0.39 is 5.82 Å². The van der Waals surface area contributed by atoms with Crippen molar-refractivity contribution in [2.75, 3.05) is 11.9 Å². The van der Waals surface area contributed by atoms with Gasteiger partial charge in [-0.25, -0.2) is 18.7 Å². The van der Waals surface area contributed by atoms with Crippen LogP contribution in [0.2, 0.25) is 0 Å². The van der Waals surface area contributed by atoms with Crippen LogP contribution >= 0.6 is 0 Å². The Balaban J connectivity index is 2.20. The zero-order valence-electron chi connectivity index (χ0n) is 9.27. The maximum Gasteiger partial charge on any atom is 0.183 e. The van der Waals surface area contributed by atoms with E-state index in [0.717, 1.165) is 6.20 Å². The molecule has 0 unspecified atom stereocenters. The van der Waals surface area contributed by atoms with E-state index in [0.29, 0.717) is 5.56 Å². The second kappa shape index (κ2) is 4.86. The average Bonchev–Trinajstić information content (AvgIpc) is 2.32. The van der Waals surface area contributed by atoms with E-state index in [2.05, 4.69) is 9.97 Å². The van der Waals surface area contributed by atoms with Crippen LogP contribution in [0, 0.1) is 11.6 Å². The van der Waals surface area contributed by atoms with Crippen molar-refractivity contribution in [2.24, 2.45) is 0 Å². The van der Waals surface area contributed by atoms with E-state index >= 15 is 0 Å². The molecular formula is C12H11F2N3. The van der Waals surface area contributed by atoms with Crippen molar-refractivity contribution in [3.63, 3.8) is 0 Å². The first-order valence-corrected chi connectivity index (χ1v) is 5.08. The Bertz CT molecular complexity index is 517. The average molecular weight is 235 g/mol. The highest BCUT2D eigenvalue weighted by atomic mass is 19.1. The molecule has 0 bridgehead atoms. The van der Waals surface area contributed by atoms with Gasteiger partial charge in [-0.1, -0.05) is 18.2 Å². The van der Waals surface area contributed by atoms with E-state index in [1.165, 1.54) is 17.3 Å². The van der Waals surface area contributed by atoms with Crippen molar-refractivity contribution in [1.29, 1.82) is 0 Å². The number of nitrogens with zero attached hydrogens (tertiary/aromatic N) is 3. The summed E-state index contributed by atoms with van der Waals surface area (Å²) in [4.78, 5) is 8.92. The van der Waals surface area contributed by atoms with Crippen molar-refractivity contribution in [3.8, 4) is 0 Å². The van der Waals surface area contributed by atoms with Crippen molar-refractivity contribution in [1.82, 2.24) is 9.97 Å². The monoisotopic (exact) mass is 235 g/mol. The lowest BCUT2D eigenvalue weighted by Crippen LogP contribution is -2.19. The predicted octanol–water partition coefficient (Wildman–Crippen LogP) is 2.39. The Hall–Kier alpha value is -2.04. The van der Waals surface area contributed by atoms with Crippen LogP contribution in [-0.4, -0.2) is 17.0 Å². The number of rotatable bonds is 3. The van der Waals surface area contributed by atoms with Crippen LogP contribution in [0.1, 0.15) is 5.56 Å². The third kappa shape index (κ3) is 2.55. The topological polar surface area (TPSA) is 29.0 Å². The molecule has 0 saturated carbocycles. The molecule has 1 aromatic carbocycles. The summed E-state index contributed by atoms with van der Waals surface area (Å²) < 4.78 is 26.8. The summed E-state index contributed by atoms with van der Waals surface area (Å²) in [5.74, 6) is -0.677. The number of hydrogen-bond acceptors (Lipinski definition) is 3. The number of anilines is 1. The van der Waals surface area contributed by atoms with Crippen molar-refractivity contribution < 1.29 is 8.78 Å². The second-order valence-corrected chi connectivity index (χ2v) is 3.64. The summed E-state index contributed by atoms with van der Waals surface area (Å²) in [6.45, 7) is 0.251. The molecule has 2 aromatic rings. The molecule has 1 heterocycles. The highest BCUT2D eigenvalue weighted by Crippen LogP contribution is 2.16. The van der Waals surface area contributed by atoms with Crippen LogP contribution in [0.15, 0.2) is 36.8 Å². The molecular weight excluding hydrogens is 224 g/mol. The molecule has 3 nitrogen and oxygen atoms in total. The van der Waals surface area contributed by atoms with Crippen LogP contribution < -0.4 is 4.90 Å². The molecule has 0 saturated heterocycles. The van der Waals surface area contributed by atoms with Crippen LogP contribution in [-0.2, 0) is 6.54 Å². The summed E-state index contributed by atoms with van der Waals surface area (Å²) in [5.41, 5.74) is 0.494. The standard InChI is InChI=1S/C12H11F2N3/c1-17(12-11(14)6-15-8-16-12)7-9-4-2-3-5-10(9)13/h2-6,8H,7H2,1H3. The van der Waals surface area contributed by atoms with Gasteiger partial charge in [0.2, 0.25) is 0 Å². The number of aromatic nitrogens is 2. The molecule has 0 N–H and O–H groups in total. The Morgan fingerprint density at radius 1 is 1.18 bits per heavy atom. The Kier molecular flexibility index (Phi) is 3.27. The summed E-state index contributed by atoms with van der Waals surface area (Å²) in [6.07, 6.45) is 2.34. The van der Waals surface area contributed by atoms with Gasteiger partial charge in [0.05, 0.1) is 6.20 Å². The summed E-state index contributed by atoms with van der Waals surface area (Å²) in [7, 11) is 1.65. The van der Waals surface area contributed by atoms with Gasteiger partial charge in [-0.2, -0.15) is 0 Å². The first-order chi connectivity index (χ1) is 8.18. The van der Waals surface area contributed by atoms with E-state index in [1.54, 1.807) is 25.2 Å². The molecule has 2 rings (SSSR count). The Morgan fingerprint density at radius 2 is 1.94 bits per heavy atom. The molecule has 5 heteroatoms. The fraction of sp³-hybridized carbons (Fsp3) is 0.167. The Labute approximate surface area is 97.7 Å². The lowest BCUT2D eigenvalue weighted by atomic mass is 10.2. The molecule has 0 fully saturated rings. The van der Waals surface area contributed by atoms with Gasteiger partial charge in [0, 0.05) is 19.2 Å². The normalized spacial score (nSPS) is 10.3. The SMILES string of the molecule is CN(Cc1ccccc1F)c1ncncc1F. The number of hydrogen-bond donors (Lipinski definition) is 0. The van der Waals surface area contributed by atoms with Gasteiger partial charge < -0.3 is 4.90 Å². The molecule has 0 amide bonds. The first kappa shape index (κ1) is 11.4. The van der Waals surface area contributed by atoms with Gasteiger partial charge in [0.1, 0.15) is 12.1 Å². The van der Waals surface area contributed by atoms with Crippen LogP contribution in [0.5, 0.6) is 0 Å². The molecule has 0 spiro atoms. The third-order valence-electron chi connectivity index (χ3n) is 2.38. The molecule has 17 heavy (non-hydrogen) atoms. The highest BCUT2D eigenvalue weighted by Gasteiger charge is 2.11. The lowest BCUT2D eigenvalue weighted by Gasteiger charge is -2.18. The largest absolute Gasteiger partial charge is 0.353 e. The lowest BCUT2D eigenvalue weighted by molar-refractivity contribution is 0.594. The van der Waals surface area contributed by atoms with E-state index in [1.807, 2.05) is 0 Å². The maximum atomic E-state index is 13.4. The van der Waals surface area contributed by atoms with Gasteiger partial charge in [-0.05, 0) is 6.07 Å². The van der Waals surface area contributed by atoms with Crippen LogP contribution in [0.25, 0.3) is 0 Å². The first-order valence-electron chi connectivity index (χ1n) is 5.08. The van der Waals surface area contributed by atoms with Gasteiger partial charge in [0.15, 0.2) is 11.6 Å². The second-order valence-electron chi connectivity index (χ2n) is 3.64. The van der Waals surface area contributed by atoms with Gasteiger partial charge in [-0.15, -0.1) is 0 Å². The van der Waals surface area contributed by atoms with Crippen molar-refractivity contribution in [2.45, 2.75) is 6.54 Å². The zero-order chi connectivity index (χ0) is 12.3. The molecule has 88 valence electrons. The van der Waals surface area contributed by atoms with E-state index in [4.69, 9.17) is 0 Å². The van der Waals surface area contributed by atoms with Gasteiger partial charge in [-0.3, -0.25) is 0 Å². The molecule has 0 aliphatic carbocycles. The third-order valence-corrected chi connectivity index (χ3v) is 2.38. The fourth-order valence-electron chi connectivity index (χ4n) is 1.54. The molecule has 0 aliphatic heterocycles. The minimum Gasteiger partial charge on any atom is -0.353 e. The van der Waals surface area contributed by atoms with E-state index in [-0.39, 0.29) is 18.2 Å². The minimum atomic E-state index is -0.522. The molecule has 1 aromatic heterocycles. The molecule has 0 radical (unpaired) electrons. The quantitative estimate of drug-likeness (QED) is 0.818. The van der Waals surface area contributed by atoms with Crippen molar-refractivity contribution in [3.05, 3.63) is 54.0 Å². The molecule has 0 aliphatic rings. The number of halogens is 2. The van der Waals surface area contributed by atoms with E-state index in [9.17, 15) is 8.78 Å². The van der Waals surface area contributed by atoms with Gasteiger partial charge in [0.25, 0.3) is 0 Å². The fourth-order valence-corrected chi connectivity index (χ4v) is 1.54. The zero-order valence-corrected chi connectivity index (χ0v) is 9.27. The summed E-state index contributed by atoms with van der Waals surface area (Å²) in [5, 5.41) is 0. The predicted molar refractivity (Wildman–Crippen MR) is 60.5 cm³/mol. The summed E-state index contributed by atoms with van der Waals surface area (Å²) in [6, 6.07) is 6.39. The maximum absolute atomic E-state index is 13.4. The van der Waals surface area contributed by atoms with Crippen LogP contribution in [0.4, 0.5) is 14.6 Å². The highest BCUT2D eigenvalue weighted by molar-refractivity contribution is 5.38. The van der Waals surface area contributed by atoms with Crippen molar-refractivity contribution >= 4 is 5.82 Å². The summed E-state index contributed by atoms with van der Waals surface area (Å²) >= 11 is 0.